The van der Waals surface area contributed by atoms with Crippen LogP contribution < -0.4 is 15.4 Å². The summed E-state index contributed by atoms with van der Waals surface area (Å²) >= 11 is 6.17. The van der Waals surface area contributed by atoms with Crippen LogP contribution in [-0.4, -0.2) is 37.7 Å². The molecular formula is C21H25ClN2O4. The fourth-order valence-electron chi connectivity index (χ4n) is 2.62. The molecule has 0 saturated carbocycles. The largest absolute Gasteiger partial charge is 0.491 e. The normalized spacial score (nSPS) is 13.9. The van der Waals surface area contributed by atoms with Crippen LogP contribution in [0.15, 0.2) is 54.6 Å². The molecule has 2 unspecified atom stereocenters. The zero-order chi connectivity index (χ0) is 20.6. The van der Waals surface area contributed by atoms with Crippen LogP contribution in [0.3, 0.4) is 0 Å². The van der Waals surface area contributed by atoms with Gasteiger partial charge in [0.15, 0.2) is 0 Å². The average Bonchev–Trinajstić information content (AvgIpc) is 2.71. The third kappa shape index (κ3) is 5.97. The van der Waals surface area contributed by atoms with E-state index < -0.39 is 11.5 Å². The Labute approximate surface area is 170 Å². The Hall–Kier alpha value is -2.57. The number of carbonyl (C=O) groups is 2. The maximum atomic E-state index is 12.4. The summed E-state index contributed by atoms with van der Waals surface area (Å²) in [5.41, 5.74) is -0.365. The fourth-order valence-corrected chi connectivity index (χ4v) is 2.92. The quantitative estimate of drug-likeness (QED) is 0.628. The molecule has 7 heteroatoms. The van der Waals surface area contributed by atoms with Gasteiger partial charge >= 0.3 is 5.97 Å². The first-order chi connectivity index (χ1) is 13.4. The lowest BCUT2D eigenvalue weighted by molar-refractivity contribution is -0.149. The molecule has 1 amide bonds. The number of halogens is 1. The van der Waals surface area contributed by atoms with E-state index >= 15 is 0 Å². The molecular weight excluding hydrogens is 380 g/mol. The highest BCUT2D eigenvalue weighted by atomic mass is 35.5. The molecule has 2 atom stereocenters. The summed E-state index contributed by atoms with van der Waals surface area (Å²) in [6, 6.07) is 16.2. The number of hydrogen-bond donors (Lipinski definition) is 2. The van der Waals surface area contributed by atoms with Gasteiger partial charge in [0.05, 0.1) is 19.7 Å². The van der Waals surface area contributed by atoms with E-state index in [0.717, 1.165) is 5.56 Å². The Balaban J connectivity index is 1.95. The predicted octanol–water partition coefficient (Wildman–Crippen LogP) is 3.12. The molecule has 0 radical (unpaired) electrons. The van der Waals surface area contributed by atoms with Crippen LogP contribution in [0.1, 0.15) is 25.5 Å². The van der Waals surface area contributed by atoms with E-state index in [2.05, 4.69) is 10.6 Å². The van der Waals surface area contributed by atoms with Gasteiger partial charge in [-0.25, -0.2) is 4.79 Å². The first-order valence-corrected chi connectivity index (χ1v) is 9.28. The highest BCUT2D eigenvalue weighted by molar-refractivity contribution is 6.31. The standard InChI is InChI=1S/C21H25ClN2O4/c1-15(17-11-7-8-12-18(17)22)24-19(25)13-23-21(2,20(26)27-3)14-28-16-9-5-4-6-10-16/h4-12,15,23H,13-14H2,1-3H3,(H,24,25). The van der Waals surface area contributed by atoms with Crippen molar-refractivity contribution >= 4 is 23.5 Å². The topological polar surface area (TPSA) is 76.7 Å². The lowest BCUT2D eigenvalue weighted by Crippen LogP contribution is -2.57. The Kier molecular flexibility index (Phi) is 7.84. The van der Waals surface area contributed by atoms with E-state index in [0.29, 0.717) is 10.8 Å². The second-order valence-electron chi connectivity index (χ2n) is 6.59. The minimum absolute atomic E-state index is 0.0109. The van der Waals surface area contributed by atoms with E-state index in [1.165, 1.54) is 7.11 Å². The summed E-state index contributed by atoms with van der Waals surface area (Å²) < 4.78 is 10.6. The Morgan fingerprint density at radius 2 is 1.75 bits per heavy atom. The first kappa shape index (κ1) is 21.7. The molecule has 2 aromatic rings. The smallest absolute Gasteiger partial charge is 0.329 e. The number of rotatable bonds is 9. The molecule has 2 rings (SSSR count). The van der Waals surface area contributed by atoms with Crippen LogP contribution in [0.25, 0.3) is 0 Å². The van der Waals surface area contributed by atoms with Gasteiger partial charge in [0, 0.05) is 5.02 Å². The molecule has 0 aromatic heterocycles. The third-order valence-electron chi connectivity index (χ3n) is 4.29. The van der Waals surface area contributed by atoms with Gasteiger partial charge in [-0.05, 0) is 37.6 Å². The molecule has 2 aromatic carbocycles. The molecule has 0 aliphatic carbocycles. The average molecular weight is 405 g/mol. The summed E-state index contributed by atoms with van der Waals surface area (Å²) in [6.07, 6.45) is 0. The van der Waals surface area contributed by atoms with Gasteiger partial charge < -0.3 is 14.8 Å². The molecule has 0 fully saturated rings. The van der Waals surface area contributed by atoms with E-state index in [9.17, 15) is 9.59 Å². The molecule has 0 aliphatic rings. The molecule has 0 bridgehead atoms. The fraction of sp³-hybridized carbons (Fsp3) is 0.333. The highest BCUT2D eigenvalue weighted by Gasteiger charge is 2.35. The van der Waals surface area contributed by atoms with Crippen molar-refractivity contribution in [2.75, 3.05) is 20.3 Å². The van der Waals surface area contributed by atoms with Crippen LogP contribution in [0.5, 0.6) is 5.75 Å². The van der Waals surface area contributed by atoms with E-state index in [4.69, 9.17) is 21.1 Å². The number of benzene rings is 2. The second kappa shape index (κ2) is 10.1. The van der Waals surface area contributed by atoms with Crippen molar-refractivity contribution in [3.05, 3.63) is 65.2 Å². The van der Waals surface area contributed by atoms with Crippen LogP contribution in [0.4, 0.5) is 0 Å². The van der Waals surface area contributed by atoms with Gasteiger partial charge in [0.25, 0.3) is 0 Å². The van der Waals surface area contributed by atoms with Crippen molar-refractivity contribution in [2.24, 2.45) is 0 Å². The number of nitrogens with one attached hydrogen (secondary N) is 2. The maximum Gasteiger partial charge on any atom is 0.329 e. The van der Waals surface area contributed by atoms with Crippen LogP contribution in [0.2, 0.25) is 5.02 Å². The summed E-state index contributed by atoms with van der Waals surface area (Å²) in [6.45, 7) is 3.40. The van der Waals surface area contributed by atoms with Crippen LogP contribution in [0, 0.1) is 0 Å². The van der Waals surface area contributed by atoms with Crippen molar-refractivity contribution in [3.8, 4) is 5.75 Å². The van der Waals surface area contributed by atoms with Crippen LogP contribution >= 0.6 is 11.6 Å². The highest BCUT2D eigenvalue weighted by Crippen LogP contribution is 2.22. The van der Waals surface area contributed by atoms with Crippen molar-refractivity contribution in [3.63, 3.8) is 0 Å². The monoisotopic (exact) mass is 404 g/mol. The third-order valence-corrected chi connectivity index (χ3v) is 4.64. The molecule has 150 valence electrons. The summed E-state index contributed by atoms with van der Waals surface area (Å²) in [5.74, 6) is -0.172. The van der Waals surface area contributed by atoms with Crippen molar-refractivity contribution in [2.45, 2.75) is 25.4 Å². The number of ether oxygens (including phenoxy) is 2. The molecule has 6 nitrogen and oxygen atoms in total. The Morgan fingerprint density at radius 3 is 2.39 bits per heavy atom. The van der Waals surface area contributed by atoms with Crippen molar-refractivity contribution in [1.29, 1.82) is 0 Å². The molecule has 0 aliphatic heterocycles. The lowest BCUT2D eigenvalue weighted by atomic mass is 10.0. The predicted molar refractivity (Wildman–Crippen MR) is 108 cm³/mol. The molecule has 0 heterocycles. The number of carbonyl (C=O) groups excluding carboxylic acids is 2. The molecule has 0 spiro atoms. The summed E-state index contributed by atoms with van der Waals surface area (Å²) in [7, 11) is 1.30. The number of esters is 1. The van der Waals surface area contributed by atoms with Gasteiger partial charge in [-0.3, -0.25) is 10.1 Å². The minimum atomic E-state index is -1.18. The Bertz CT molecular complexity index is 800. The summed E-state index contributed by atoms with van der Waals surface area (Å²) in [5, 5.41) is 6.39. The van der Waals surface area contributed by atoms with E-state index in [-0.39, 0.29) is 25.1 Å². The first-order valence-electron chi connectivity index (χ1n) is 8.91. The van der Waals surface area contributed by atoms with Gasteiger partial charge in [-0.15, -0.1) is 0 Å². The van der Waals surface area contributed by atoms with Crippen molar-refractivity contribution in [1.82, 2.24) is 10.6 Å². The minimum Gasteiger partial charge on any atom is -0.491 e. The van der Waals surface area contributed by atoms with E-state index in [1.54, 1.807) is 25.1 Å². The lowest BCUT2D eigenvalue weighted by Gasteiger charge is -2.28. The molecule has 0 saturated heterocycles. The molecule has 2 N–H and O–H groups in total. The van der Waals surface area contributed by atoms with Crippen molar-refractivity contribution < 1.29 is 19.1 Å². The van der Waals surface area contributed by atoms with Gasteiger partial charge in [-0.2, -0.15) is 0 Å². The number of amides is 1. The van der Waals surface area contributed by atoms with Gasteiger partial charge in [0.2, 0.25) is 5.91 Å². The zero-order valence-corrected chi connectivity index (χ0v) is 17.0. The SMILES string of the molecule is COC(=O)C(C)(COc1ccccc1)NCC(=O)NC(C)c1ccccc1Cl. The van der Waals surface area contributed by atoms with Gasteiger partial charge in [-0.1, -0.05) is 48.0 Å². The number of hydrogen-bond acceptors (Lipinski definition) is 5. The molecule has 28 heavy (non-hydrogen) atoms. The zero-order valence-electron chi connectivity index (χ0n) is 16.2. The maximum absolute atomic E-state index is 12.4. The van der Waals surface area contributed by atoms with E-state index in [1.807, 2.05) is 43.3 Å². The number of methoxy groups -OCH3 is 1. The van der Waals surface area contributed by atoms with Crippen LogP contribution in [-0.2, 0) is 14.3 Å². The Morgan fingerprint density at radius 1 is 1.11 bits per heavy atom. The van der Waals surface area contributed by atoms with Gasteiger partial charge in [0.1, 0.15) is 17.9 Å². The summed E-state index contributed by atoms with van der Waals surface area (Å²) in [4.78, 5) is 24.6. The second-order valence-corrected chi connectivity index (χ2v) is 7.00. The number of para-hydroxylation sites is 1.